The summed E-state index contributed by atoms with van der Waals surface area (Å²) in [6, 6.07) is 3.70. The number of primary amides is 1. The molecule has 122 valence electrons. The van der Waals surface area contributed by atoms with Crippen LogP contribution in [-0.4, -0.2) is 16.8 Å². The molecule has 0 aliphatic rings. The zero-order valence-electron chi connectivity index (χ0n) is 13.1. The van der Waals surface area contributed by atoms with Crippen LogP contribution in [0.3, 0.4) is 0 Å². The average Bonchev–Trinajstić information content (AvgIpc) is 2.80. The van der Waals surface area contributed by atoms with Gasteiger partial charge in [-0.05, 0) is 31.0 Å². The van der Waals surface area contributed by atoms with Crippen LogP contribution < -0.4 is 11.1 Å². The van der Waals surface area contributed by atoms with Crippen molar-refractivity contribution in [3.05, 3.63) is 45.2 Å². The Morgan fingerprint density at radius 1 is 1.39 bits per heavy atom. The number of carbonyl (C=O) groups is 2. The van der Waals surface area contributed by atoms with Crippen molar-refractivity contribution in [2.24, 2.45) is 11.7 Å². The number of benzene rings is 1. The second-order valence-electron chi connectivity index (χ2n) is 5.63. The minimum atomic E-state index is -0.883. The van der Waals surface area contributed by atoms with E-state index in [0.29, 0.717) is 22.2 Å². The molecular formula is C16H18FN3O2S. The summed E-state index contributed by atoms with van der Waals surface area (Å²) in [5.74, 6) is -1.49. The first kappa shape index (κ1) is 17.1. The molecule has 0 saturated carbocycles. The van der Waals surface area contributed by atoms with Gasteiger partial charge in [0.15, 0.2) is 0 Å². The third kappa shape index (κ3) is 4.13. The van der Waals surface area contributed by atoms with Gasteiger partial charge in [0.25, 0.3) is 11.8 Å². The van der Waals surface area contributed by atoms with Gasteiger partial charge in [0.2, 0.25) is 0 Å². The molecule has 2 aromatic rings. The number of hydrogen-bond acceptors (Lipinski definition) is 4. The maximum atomic E-state index is 13.4. The largest absolute Gasteiger partial charge is 0.366 e. The zero-order chi connectivity index (χ0) is 17.1. The van der Waals surface area contributed by atoms with Crippen LogP contribution in [0.25, 0.3) is 0 Å². The monoisotopic (exact) mass is 335 g/mol. The van der Waals surface area contributed by atoms with Gasteiger partial charge in [-0.25, -0.2) is 9.37 Å². The average molecular weight is 335 g/mol. The summed E-state index contributed by atoms with van der Waals surface area (Å²) in [7, 11) is 0. The molecule has 0 unspecified atom stereocenters. The van der Waals surface area contributed by atoms with E-state index >= 15 is 0 Å². The van der Waals surface area contributed by atoms with E-state index in [9.17, 15) is 14.0 Å². The first-order valence-corrected chi connectivity index (χ1v) is 7.96. The molecule has 0 spiro atoms. The summed E-state index contributed by atoms with van der Waals surface area (Å²) in [5.41, 5.74) is 5.80. The highest BCUT2D eigenvalue weighted by Gasteiger charge is 2.17. The SMILES string of the molecule is Cc1nc(CC(C)C)sc1C(=O)Nc1ccc(F)c(C(N)=O)c1. The van der Waals surface area contributed by atoms with Crippen LogP contribution in [0.2, 0.25) is 0 Å². The highest BCUT2D eigenvalue weighted by Crippen LogP contribution is 2.22. The van der Waals surface area contributed by atoms with Crippen molar-refractivity contribution in [3.8, 4) is 0 Å². The number of halogens is 1. The fourth-order valence-corrected chi connectivity index (χ4v) is 3.25. The maximum absolute atomic E-state index is 13.4. The Labute approximate surface area is 137 Å². The normalized spacial score (nSPS) is 10.8. The van der Waals surface area contributed by atoms with Crippen molar-refractivity contribution in [2.45, 2.75) is 27.2 Å². The molecule has 0 aliphatic carbocycles. The quantitative estimate of drug-likeness (QED) is 0.880. The second-order valence-corrected chi connectivity index (χ2v) is 6.72. The van der Waals surface area contributed by atoms with Crippen LogP contribution in [0.15, 0.2) is 18.2 Å². The number of aromatic nitrogens is 1. The van der Waals surface area contributed by atoms with Crippen molar-refractivity contribution in [2.75, 3.05) is 5.32 Å². The Balaban J connectivity index is 2.21. The molecule has 7 heteroatoms. The second kappa shape index (κ2) is 6.87. The highest BCUT2D eigenvalue weighted by atomic mass is 32.1. The van der Waals surface area contributed by atoms with Crippen LogP contribution in [0.4, 0.5) is 10.1 Å². The molecule has 0 saturated heterocycles. The molecule has 0 fully saturated rings. The van der Waals surface area contributed by atoms with Crippen LogP contribution in [0.1, 0.15) is 44.6 Å². The number of rotatable bonds is 5. The van der Waals surface area contributed by atoms with Gasteiger partial charge in [-0.2, -0.15) is 0 Å². The van der Waals surface area contributed by atoms with E-state index in [4.69, 9.17) is 5.73 Å². The number of thiazole rings is 1. The molecule has 1 heterocycles. The fraction of sp³-hybridized carbons (Fsp3) is 0.312. The van der Waals surface area contributed by atoms with Gasteiger partial charge in [-0.3, -0.25) is 9.59 Å². The summed E-state index contributed by atoms with van der Waals surface area (Å²) < 4.78 is 13.4. The summed E-state index contributed by atoms with van der Waals surface area (Å²) in [6.07, 6.45) is 0.807. The molecule has 5 nitrogen and oxygen atoms in total. The fourth-order valence-electron chi connectivity index (χ4n) is 2.08. The molecule has 2 amide bonds. The van der Waals surface area contributed by atoms with Crippen molar-refractivity contribution in [1.29, 1.82) is 0 Å². The van der Waals surface area contributed by atoms with Crippen LogP contribution in [0.5, 0.6) is 0 Å². The Bertz CT molecular complexity index is 756. The lowest BCUT2D eigenvalue weighted by atomic mass is 10.1. The van der Waals surface area contributed by atoms with E-state index in [1.54, 1.807) is 6.92 Å². The van der Waals surface area contributed by atoms with Gasteiger partial charge in [0.05, 0.1) is 16.3 Å². The predicted octanol–water partition coefficient (Wildman–Crippen LogP) is 3.14. The molecule has 0 atom stereocenters. The maximum Gasteiger partial charge on any atom is 0.267 e. The smallest absolute Gasteiger partial charge is 0.267 e. The highest BCUT2D eigenvalue weighted by molar-refractivity contribution is 7.13. The minimum Gasteiger partial charge on any atom is -0.366 e. The molecule has 0 aliphatic heterocycles. The van der Waals surface area contributed by atoms with E-state index in [0.717, 1.165) is 17.5 Å². The lowest BCUT2D eigenvalue weighted by Crippen LogP contribution is -2.15. The van der Waals surface area contributed by atoms with Crippen LogP contribution >= 0.6 is 11.3 Å². The topological polar surface area (TPSA) is 85.1 Å². The Morgan fingerprint density at radius 3 is 2.70 bits per heavy atom. The Kier molecular flexibility index (Phi) is 5.10. The molecule has 1 aromatic heterocycles. The van der Waals surface area contributed by atoms with E-state index < -0.39 is 11.7 Å². The zero-order valence-corrected chi connectivity index (χ0v) is 14.0. The number of carbonyl (C=O) groups excluding carboxylic acids is 2. The van der Waals surface area contributed by atoms with Crippen molar-refractivity contribution >= 4 is 28.8 Å². The lowest BCUT2D eigenvalue weighted by molar-refractivity contribution is 0.0993. The number of aryl methyl sites for hydroxylation is 1. The van der Waals surface area contributed by atoms with Crippen molar-refractivity contribution in [3.63, 3.8) is 0 Å². The van der Waals surface area contributed by atoms with E-state index in [1.165, 1.54) is 23.5 Å². The van der Waals surface area contributed by atoms with Gasteiger partial charge < -0.3 is 11.1 Å². The van der Waals surface area contributed by atoms with Crippen LogP contribution in [-0.2, 0) is 6.42 Å². The molecule has 2 rings (SSSR count). The van der Waals surface area contributed by atoms with Gasteiger partial charge in [0.1, 0.15) is 10.7 Å². The number of nitrogens with zero attached hydrogens (tertiary/aromatic N) is 1. The first-order valence-electron chi connectivity index (χ1n) is 7.15. The van der Waals surface area contributed by atoms with Crippen LogP contribution in [0, 0.1) is 18.7 Å². The lowest BCUT2D eigenvalue weighted by Gasteiger charge is -2.06. The Morgan fingerprint density at radius 2 is 2.09 bits per heavy atom. The van der Waals surface area contributed by atoms with Crippen molar-refractivity contribution in [1.82, 2.24) is 4.98 Å². The Hall–Kier alpha value is -2.28. The standard InChI is InChI=1S/C16H18FN3O2S/c1-8(2)6-13-19-9(3)14(23-13)16(22)20-10-4-5-12(17)11(7-10)15(18)21/h4-5,7-8H,6H2,1-3H3,(H2,18,21)(H,20,22). The van der Waals surface area contributed by atoms with Gasteiger partial charge in [0, 0.05) is 12.1 Å². The number of nitrogens with two attached hydrogens (primary N) is 1. The van der Waals surface area contributed by atoms with Gasteiger partial charge >= 0.3 is 0 Å². The minimum absolute atomic E-state index is 0.260. The van der Waals surface area contributed by atoms with Gasteiger partial charge in [-0.15, -0.1) is 11.3 Å². The number of hydrogen-bond donors (Lipinski definition) is 2. The molecule has 0 bridgehead atoms. The van der Waals surface area contributed by atoms with E-state index in [-0.39, 0.29) is 11.5 Å². The molecule has 1 aromatic carbocycles. The van der Waals surface area contributed by atoms with Gasteiger partial charge in [-0.1, -0.05) is 13.8 Å². The summed E-state index contributed by atoms with van der Waals surface area (Å²) in [5, 5.41) is 3.55. The summed E-state index contributed by atoms with van der Waals surface area (Å²) in [6.45, 7) is 5.94. The van der Waals surface area contributed by atoms with Crippen molar-refractivity contribution < 1.29 is 14.0 Å². The third-order valence-corrected chi connectivity index (χ3v) is 4.30. The summed E-state index contributed by atoms with van der Waals surface area (Å²) >= 11 is 1.34. The number of nitrogens with one attached hydrogen (secondary N) is 1. The predicted molar refractivity (Wildman–Crippen MR) is 88.3 cm³/mol. The molecule has 23 heavy (non-hydrogen) atoms. The molecular weight excluding hydrogens is 317 g/mol. The molecule has 3 N–H and O–H groups in total. The molecule has 0 radical (unpaired) electrons. The first-order chi connectivity index (χ1) is 10.8. The van der Waals surface area contributed by atoms with E-state index in [2.05, 4.69) is 24.1 Å². The summed E-state index contributed by atoms with van der Waals surface area (Å²) in [4.78, 5) is 28.4. The number of anilines is 1. The number of amides is 2. The third-order valence-electron chi connectivity index (χ3n) is 3.12. The van der Waals surface area contributed by atoms with E-state index in [1.807, 2.05) is 0 Å².